The van der Waals surface area contributed by atoms with Crippen molar-refractivity contribution in [3.63, 3.8) is 0 Å². The number of hydrogen-bond donors (Lipinski definition) is 1. The Morgan fingerprint density at radius 3 is 2.92 bits per heavy atom. The van der Waals surface area contributed by atoms with Crippen molar-refractivity contribution in [2.75, 3.05) is 0 Å². The van der Waals surface area contributed by atoms with Crippen LogP contribution in [-0.4, -0.2) is 0 Å². The van der Waals surface area contributed by atoms with Crippen LogP contribution in [0.5, 0.6) is 0 Å². The maximum Gasteiger partial charge on any atom is 0.0669 e. The van der Waals surface area contributed by atoms with E-state index in [1.807, 2.05) is 31.2 Å². The van der Waals surface area contributed by atoms with E-state index < -0.39 is 0 Å². The third kappa shape index (κ3) is 2.08. The molecule has 0 radical (unpaired) electrons. The lowest BCUT2D eigenvalue weighted by Crippen LogP contribution is -2.04. The van der Waals surface area contributed by atoms with Gasteiger partial charge in [-0.1, -0.05) is 24.3 Å². The number of nitrogens with zero attached hydrogens (tertiary/aromatic N) is 1. The van der Waals surface area contributed by atoms with Crippen LogP contribution in [0.4, 0.5) is 0 Å². The molecule has 1 aromatic carbocycles. The summed E-state index contributed by atoms with van der Waals surface area (Å²) in [4.78, 5) is 0. The van der Waals surface area contributed by atoms with Crippen molar-refractivity contribution in [1.82, 2.24) is 0 Å². The van der Waals surface area contributed by atoms with Crippen molar-refractivity contribution >= 4 is 0 Å². The van der Waals surface area contributed by atoms with E-state index in [4.69, 9.17) is 11.0 Å². The lowest BCUT2D eigenvalue weighted by molar-refractivity contribution is 0.816. The van der Waals surface area contributed by atoms with E-state index in [0.29, 0.717) is 6.42 Å². The van der Waals surface area contributed by atoms with Crippen molar-refractivity contribution in [1.29, 1.82) is 5.26 Å². The quantitative estimate of drug-likeness (QED) is 0.716. The van der Waals surface area contributed by atoms with Gasteiger partial charge in [-0.25, -0.2) is 0 Å². The van der Waals surface area contributed by atoms with E-state index in [-0.39, 0.29) is 6.04 Å². The smallest absolute Gasteiger partial charge is 0.0669 e. The second-order valence-electron chi connectivity index (χ2n) is 2.87. The molecule has 0 aliphatic rings. The summed E-state index contributed by atoms with van der Waals surface area (Å²) in [6.07, 6.45) is 0.459. The van der Waals surface area contributed by atoms with Gasteiger partial charge in [-0.15, -0.1) is 0 Å². The zero-order valence-electron chi connectivity index (χ0n) is 7.12. The Balaban J connectivity index is 2.90. The van der Waals surface area contributed by atoms with E-state index in [1.54, 1.807) is 0 Å². The Hall–Kier alpha value is -1.33. The molecule has 0 aromatic heterocycles. The molecule has 62 valence electrons. The fourth-order valence-electron chi connectivity index (χ4n) is 1.08. The SMILES string of the molecule is CC(N)c1cccc(CC#N)c1. The molecule has 0 saturated heterocycles. The third-order valence-corrected chi connectivity index (χ3v) is 1.76. The molecular formula is C10H12N2. The standard InChI is InChI=1S/C10H12N2/c1-8(12)10-4-2-3-9(7-10)5-6-11/h2-4,7-8H,5,12H2,1H3. The highest BCUT2D eigenvalue weighted by Gasteiger charge is 1.99. The van der Waals surface area contributed by atoms with Crippen LogP contribution in [0.25, 0.3) is 0 Å². The first-order valence-corrected chi connectivity index (χ1v) is 3.95. The molecule has 0 fully saturated rings. The summed E-state index contributed by atoms with van der Waals surface area (Å²) in [5.41, 5.74) is 7.82. The molecule has 1 rings (SSSR count). The number of nitriles is 1. The minimum Gasteiger partial charge on any atom is -0.324 e. The van der Waals surface area contributed by atoms with Gasteiger partial charge in [-0.2, -0.15) is 5.26 Å². The molecule has 0 aliphatic carbocycles. The molecule has 0 saturated carbocycles. The van der Waals surface area contributed by atoms with Gasteiger partial charge < -0.3 is 5.73 Å². The molecule has 1 atom stereocenters. The summed E-state index contributed by atoms with van der Waals surface area (Å²) < 4.78 is 0. The molecule has 1 aromatic rings. The fraction of sp³-hybridized carbons (Fsp3) is 0.300. The lowest BCUT2D eigenvalue weighted by Gasteiger charge is -2.05. The van der Waals surface area contributed by atoms with Gasteiger partial charge in [-0.05, 0) is 18.1 Å². The van der Waals surface area contributed by atoms with Gasteiger partial charge >= 0.3 is 0 Å². The Morgan fingerprint density at radius 1 is 1.58 bits per heavy atom. The minimum absolute atomic E-state index is 0.0450. The average Bonchev–Trinajstić information content (AvgIpc) is 2.05. The number of nitrogens with two attached hydrogens (primary N) is 1. The predicted octanol–water partition coefficient (Wildman–Crippen LogP) is 1.77. The molecule has 12 heavy (non-hydrogen) atoms. The maximum absolute atomic E-state index is 8.47. The van der Waals surface area contributed by atoms with E-state index in [9.17, 15) is 0 Å². The van der Waals surface area contributed by atoms with Crippen molar-refractivity contribution < 1.29 is 0 Å². The molecule has 2 N–H and O–H groups in total. The molecule has 0 spiro atoms. The highest BCUT2D eigenvalue weighted by Crippen LogP contribution is 2.11. The second-order valence-corrected chi connectivity index (χ2v) is 2.87. The van der Waals surface area contributed by atoms with Crippen LogP contribution in [0.2, 0.25) is 0 Å². The summed E-state index contributed by atoms with van der Waals surface area (Å²) in [6, 6.07) is 9.99. The molecule has 0 bridgehead atoms. The minimum atomic E-state index is 0.0450. The van der Waals surface area contributed by atoms with Gasteiger partial charge in [0.2, 0.25) is 0 Å². The van der Waals surface area contributed by atoms with Gasteiger partial charge in [0.05, 0.1) is 12.5 Å². The van der Waals surface area contributed by atoms with Crippen LogP contribution in [0.1, 0.15) is 24.1 Å². The molecule has 2 nitrogen and oxygen atoms in total. The first-order chi connectivity index (χ1) is 5.74. The zero-order valence-corrected chi connectivity index (χ0v) is 7.12. The molecule has 0 heterocycles. The van der Waals surface area contributed by atoms with Crippen LogP contribution in [0, 0.1) is 11.3 Å². The number of benzene rings is 1. The first kappa shape index (κ1) is 8.76. The fourth-order valence-corrected chi connectivity index (χ4v) is 1.08. The van der Waals surface area contributed by atoms with Crippen molar-refractivity contribution in [3.8, 4) is 6.07 Å². The summed E-state index contributed by atoms with van der Waals surface area (Å²) in [5.74, 6) is 0. The molecular weight excluding hydrogens is 148 g/mol. The zero-order chi connectivity index (χ0) is 8.97. The van der Waals surface area contributed by atoms with Crippen LogP contribution in [-0.2, 0) is 6.42 Å². The van der Waals surface area contributed by atoms with Gasteiger partial charge in [0.15, 0.2) is 0 Å². The summed E-state index contributed by atoms with van der Waals surface area (Å²) >= 11 is 0. The number of rotatable bonds is 2. The van der Waals surface area contributed by atoms with Gasteiger partial charge in [0.1, 0.15) is 0 Å². The van der Waals surface area contributed by atoms with Crippen molar-refractivity contribution in [2.45, 2.75) is 19.4 Å². The highest BCUT2D eigenvalue weighted by atomic mass is 14.6. The van der Waals surface area contributed by atoms with Crippen LogP contribution in [0.15, 0.2) is 24.3 Å². The summed E-state index contributed by atoms with van der Waals surface area (Å²) in [5, 5.41) is 8.47. The monoisotopic (exact) mass is 160 g/mol. The second kappa shape index (κ2) is 3.89. The Kier molecular flexibility index (Phi) is 2.84. The van der Waals surface area contributed by atoms with Gasteiger partial charge in [0.25, 0.3) is 0 Å². The Bertz CT molecular complexity index is 297. The van der Waals surface area contributed by atoms with Crippen molar-refractivity contribution in [2.24, 2.45) is 5.73 Å². The molecule has 2 heteroatoms. The van der Waals surface area contributed by atoms with E-state index in [2.05, 4.69) is 6.07 Å². The summed E-state index contributed by atoms with van der Waals surface area (Å²) in [6.45, 7) is 1.94. The van der Waals surface area contributed by atoms with Gasteiger partial charge in [0, 0.05) is 6.04 Å². The lowest BCUT2D eigenvalue weighted by atomic mass is 10.0. The highest BCUT2D eigenvalue weighted by molar-refractivity contribution is 5.27. The molecule has 1 unspecified atom stereocenters. The van der Waals surface area contributed by atoms with Crippen LogP contribution >= 0.6 is 0 Å². The Labute approximate surface area is 72.6 Å². The summed E-state index contributed by atoms with van der Waals surface area (Å²) in [7, 11) is 0. The first-order valence-electron chi connectivity index (χ1n) is 3.95. The molecule has 0 amide bonds. The largest absolute Gasteiger partial charge is 0.324 e. The van der Waals surface area contributed by atoms with Crippen molar-refractivity contribution in [3.05, 3.63) is 35.4 Å². The topological polar surface area (TPSA) is 49.8 Å². The van der Waals surface area contributed by atoms with Crippen LogP contribution < -0.4 is 5.73 Å². The Morgan fingerprint density at radius 2 is 2.33 bits per heavy atom. The van der Waals surface area contributed by atoms with E-state index >= 15 is 0 Å². The van der Waals surface area contributed by atoms with E-state index in [0.717, 1.165) is 11.1 Å². The predicted molar refractivity (Wildman–Crippen MR) is 48.4 cm³/mol. The maximum atomic E-state index is 8.47. The molecule has 0 aliphatic heterocycles. The normalized spacial score (nSPS) is 12.1. The van der Waals surface area contributed by atoms with Gasteiger partial charge in [-0.3, -0.25) is 0 Å². The third-order valence-electron chi connectivity index (χ3n) is 1.76. The van der Waals surface area contributed by atoms with E-state index in [1.165, 1.54) is 0 Å². The average molecular weight is 160 g/mol. The van der Waals surface area contributed by atoms with Crippen LogP contribution in [0.3, 0.4) is 0 Å². The number of hydrogen-bond acceptors (Lipinski definition) is 2.